The third kappa shape index (κ3) is 4.71. The maximum Gasteiger partial charge on any atom is 0.257 e. The molecule has 0 aliphatic carbocycles. The van der Waals surface area contributed by atoms with Crippen molar-refractivity contribution in [1.82, 2.24) is 10.6 Å². The molecular formula is C13H18N2O2S. The zero-order chi connectivity index (χ0) is 13.4. The minimum Gasteiger partial charge on any atom is -0.494 e. The van der Waals surface area contributed by atoms with Crippen LogP contribution < -0.4 is 15.4 Å². The lowest BCUT2D eigenvalue weighted by atomic mass is 10.2. The Morgan fingerprint density at radius 2 is 1.94 bits per heavy atom. The number of amides is 1. The van der Waals surface area contributed by atoms with Gasteiger partial charge in [0.05, 0.1) is 6.61 Å². The van der Waals surface area contributed by atoms with Crippen LogP contribution >= 0.6 is 12.2 Å². The molecule has 1 amide bonds. The van der Waals surface area contributed by atoms with Crippen LogP contribution in [0.5, 0.6) is 5.75 Å². The first-order valence-electron chi connectivity index (χ1n) is 5.99. The van der Waals surface area contributed by atoms with Gasteiger partial charge in [0.25, 0.3) is 5.91 Å². The molecule has 0 fully saturated rings. The Morgan fingerprint density at radius 1 is 1.28 bits per heavy atom. The van der Waals surface area contributed by atoms with Crippen molar-refractivity contribution in [2.75, 3.05) is 13.2 Å². The Hall–Kier alpha value is -1.62. The monoisotopic (exact) mass is 266 g/mol. The van der Waals surface area contributed by atoms with Crippen molar-refractivity contribution < 1.29 is 9.53 Å². The summed E-state index contributed by atoms with van der Waals surface area (Å²) < 4.78 is 5.30. The smallest absolute Gasteiger partial charge is 0.257 e. The molecule has 0 bridgehead atoms. The molecule has 0 spiro atoms. The third-order valence-electron chi connectivity index (χ3n) is 2.19. The first-order chi connectivity index (χ1) is 8.67. The Balaban J connectivity index is 2.53. The second-order valence-electron chi connectivity index (χ2n) is 3.67. The lowest BCUT2D eigenvalue weighted by molar-refractivity contribution is 0.0976. The highest BCUT2D eigenvalue weighted by Gasteiger charge is 2.07. The summed E-state index contributed by atoms with van der Waals surface area (Å²) in [5.74, 6) is 0.535. The van der Waals surface area contributed by atoms with Crippen LogP contribution in [0.25, 0.3) is 0 Å². The van der Waals surface area contributed by atoms with Gasteiger partial charge in [-0.05, 0) is 49.8 Å². The number of rotatable bonds is 5. The van der Waals surface area contributed by atoms with Gasteiger partial charge in [0.1, 0.15) is 5.75 Å². The molecule has 0 unspecified atom stereocenters. The highest BCUT2D eigenvalue weighted by molar-refractivity contribution is 7.80. The van der Waals surface area contributed by atoms with Crippen molar-refractivity contribution in [1.29, 1.82) is 0 Å². The number of nitrogens with one attached hydrogen (secondary N) is 2. The number of carbonyl (C=O) groups is 1. The first-order valence-corrected chi connectivity index (χ1v) is 6.40. The lowest BCUT2D eigenvalue weighted by Gasteiger charge is -2.09. The second-order valence-corrected chi connectivity index (χ2v) is 4.08. The van der Waals surface area contributed by atoms with Crippen LogP contribution in [0, 0.1) is 0 Å². The number of carbonyl (C=O) groups excluding carboxylic acids is 1. The molecule has 0 saturated carbocycles. The van der Waals surface area contributed by atoms with Gasteiger partial charge >= 0.3 is 0 Å². The zero-order valence-corrected chi connectivity index (χ0v) is 11.5. The largest absolute Gasteiger partial charge is 0.494 e. The molecule has 0 aromatic heterocycles. The fourth-order valence-electron chi connectivity index (χ4n) is 1.33. The topological polar surface area (TPSA) is 50.4 Å². The van der Waals surface area contributed by atoms with E-state index in [0.717, 1.165) is 18.7 Å². The molecule has 98 valence electrons. The molecule has 0 radical (unpaired) electrons. The quantitative estimate of drug-likeness (QED) is 0.801. The van der Waals surface area contributed by atoms with E-state index in [2.05, 4.69) is 10.6 Å². The van der Waals surface area contributed by atoms with Crippen molar-refractivity contribution in [2.24, 2.45) is 0 Å². The van der Waals surface area contributed by atoms with Gasteiger partial charge in [-0.1, -0.05) is 6.92 Å². The summed E-state index contributed by atoms with van der Waals surface area (Å²) in [6.07, 6.45) is 0.957. The average Bonchev–Trinajstić information content (AvgIpc) is 2.37. The van der Waals surface area contributed by atoms with E-state index in [9.17, 15) is 4.79 Å². The molecule has 2 N–H and O–H groups in total. The molecule has 5 heteroatoms. The summed E-state index contributed by atoms with van der Waals surface area (Å²) >= 11 is 5.00. The van der Waals surface area contributed by atoms with Crippen LogP contribution in [0.4, 0.5) is 0 Å². The summed E-state index contributed by atoms with van der Waals surface area (Å²) in [7, 11) is 0. The molecular weight excluding hydrogens is 248 g/mol. The van der Waals surface area contributed by atoms with Crippen LogP contribution in [0.15, 0.2) is 24.3 Å². The number of benzene rings is 1. The summed E-state index contributed by atoms with van der Waals surface area (Å²) in [5, 5.41) is 5.92. The van der Waals surface area contributed by atoms with E-state index in [0.29, 0.717) is 17.3 Å². The van der Waals surface area contributed by atoms with Gasteiger partial charge < -0.3 is 10.1 Å². The van der Waals surface area contributed by atoms with Gasteiger partial charge in [-0.25, -0.2) is 0 Å². The summed E-state index contributed by atoms with van der Waals surface area (Å²) in [6.45, 7) is 5.31. The van der Waals surface area contributed by atoms with Crippen LogP contribution in [0.2, 0.25) is 0 Å². The second kappa shape index (κ2) is 7.66. The molecule has 0 aliphatic rings. The van der Waals surface area contributed by atoms with E-state index < -0.39 is 0 Å². The minimum atomic E-state index is -0.216. The molecule has 0 saturated heterocycles. The van der Waals surface area contributed by atoms with Crippen molar-refractivity contribution in [3.05, 3.63) is 29.8 Å². The zero-order valence-electron chi connectivity index (χ0n) is 10.7. The lowest BCUT2D eigenvalue weighted by Crippen LogP contribution is -2.39. The van der Waals surface area contributed by atoms with E-state index in [1.165, 1.54) is 0 Å². The predicted molar refractivity (Wildman–Crippen MR) is 76.0 cm³/mol. The number of hydrogen-bond acceptors (Lipinski definition) is 3. The highest BCUT2D eigenvalue weighted by atomic mass is 32.1. The number of hydrogen-bond donors (Lipinski definition) is 2. The predicted octanol–water partition coefficient (Wildman–Crippen LogP) is 2.10. The van der Waals surface area contributed by atoms with Gasteiger partial charge in [-0.3, -0.25) is 10.1 Å². The number of thiocarbonyl (C=S) groups is 1. The Morgan fingerprint density at radius 3 is 2.50 bits per heavy atom. The van der Waals surface area contributed by atoms with Gasteiger partial charge in [0, 0.05) is 12.1 Å². The molecule has 1 rings (SSSR count). The van der Waals surface area contributed by atoms with Crippen LogP contribution in [0.3, 0.4) is 0 Å². The number of ether oxygens (including phenoxy) is 1. The SMILES string of the molecule is CCCNC(=S)NC(=O)c1ccc(OCC)cc1. The summed E-state index contributed by atoms with van der Waals surface area (Å²) in [5.41, 5.74) is 0.555. The van der Waals surface area contributed by atoms with E-state index in [1.54, 1.807) is 24.3 Å². The van der Waals surface area contributed by atoms with E-state index >= 15 is 0 Å². The molecule has 1 aromatic carbocycles. The molecule has 18 heavy (non-hydrogen) atoms. The van der Waals surface area contributed by atoms with E-state index in [-0.39, 0.29) is 5.91 Å². The van der Waals surface area contributed by atoms with E-state index in [4.69, 9.17) is 17.0 Å². The Bertz CT molecular complexity index is 404. The van der Waals surface area contributed by atoms with Crippen molar-refractivity contribution in [3.8, 4) is 5.75 Å². The normalized spacial score (nSPS) is 9.67. The van der Waals surface area contributed by atoms with Gasteiger partial charge in [0.15, 0.2) is 5.11 Å². The summed E-state index contributed by atoms with van der Waals surface area (Å²) in [4.78, 5) is 11.8. The van der Waals surface area contributed by atoms with Gasteiger partial charge in [-0.15, -0.1) is 0 Å². The molecule has 0 atom stereocenters. The van der Waals surface area contributed by atoms with Crippen LogP contribution in [-0.2, 0) is 0 Å². The molecule has 0 heterocycles. The van der Waals surface area contributed by atoms with E-state index in [1.807, 2.05) is 13.8 Å². The van der Waals surface area contributed by atoms with Gasteiger partial charge in [0.2, 0.25) is 0 Å². The molecule has 4 nitrogen and oxygen atoms in total. The average molecular weight is 266 g/mol. The minimum absolute atomic E-state index is 0.216. The van der Waals surface area contributed by atoms with Crippen molar-refractivity contribution in [2.45, 2.75) is 20.3 Å². The maximum atomic E-state index is 11.8. The van der Waals surface area contributed by atoms with Crippen molar-refractivity contribution >= 4 is 23.2 Å². The fourth-order valence-corrected chi connectivity index (χ4v) is 1.52. The van der Waals surface area contributed by atoms with Gasteiger partial charge in [-0.2, -0.15) is 0 Å². The molecule has 1 aromatic rings. The fraction of sp³-hybridized carbons (Fsp3) is 0.385. The van der Waals surface area contributed by atoms with Crippen molar-refractivity contribution in [3.63, 3.8) is 0 Å². The maximum absolute atomic E-state index is 11.8. The third-order valence-corrected chi connectivity index (χ3v) is 2.44. The Kier molecular flexibility index (Phi) is 6.14. The first kappa shape index (κ1) is 14.4. The Labute approximate surface area is 113 Å². The standard InChI is InChI=1S/C13H18N2O2S/c1-3-9-14-13(18)15-12(16)10-5-7-11(8-6-10)17-4-2/h5-8H,3-4,9H2,1-2H3,(H2,14,15,16,18). The molecule has 0 aliphatic heterocycles. The summed E-state index contributed by atoms with van der Waals surface area (Å²) in [6, 6.07) is 6.95. The highest BCUT2D eigenvalue weighted by Crippen LogP contribution is 2.11. The van der Waals surface area contributed by atoms with Crippen LogP contribution in [0.1, 0.15) is 30.6 Å². The van der Waals surface area contributed by atoms with Crippen LogP contribution in [-0.4, -0.2) is 24.2 Å².